The van der Waals surface area contributed by atoms with Crippen LogP contribution >= 0.6 is 23.4 Å². The van der Waals surface area contributed by atoms with Gasteiger partial charge in [-0.2, -0.15) is 0 Å². The van der Waals surface area contributed by atoms with E-state index in [0.29, 0.717) is 27.9 Å². The van der Waals surface area contributed by atoms with Gasteiger partial charge in [0.05, 0.1) is 0 Å². The van der Waals surface area contributed by atoms with Gasteiger partial charge in [0.2, 0.25) is 0 Å². The van der Waals surface area contributed by atoms with Gasteiger partial charge in [0.25, 0.3) is 5.56 Å². The van der Waals surface area contributed by atoms with Crippen molar-refractivity contribution in [3.8, 4) is 0 Å². The van der Waals surface area contributed by atoms with Gasteiger partial charge in [-0.1, -0.05) is 36.4 Å². The van der Waals surface area contributed by atoms with Crippen molar-refractivity contribution >= 4 is 34.5 Å². The molecule has 0 unspecified atom stereocenters. The lowest BCUT2D eigenvalue weighted by Crippen LogP contribution is -2.29. The summed E-state index contributed by atoms with van der Waals surface area (Å²) in [5.41, 5.74) is -0.106. The number of thioether (sulfide) groups is 1. The first-order valence-electron chi connectivity index (χ1n) is 6.60. The maximum absolute atomic E-state index is 12.1. The fourth-order valence-corrected chi connectivity index (χ4v) is 2.83. The first kappa shape index (κ1) is 15.9. The molecule has 2 heterocycles. The van der Waals surface area contributed by atoms with Gasteiger partial charge < -0.3 is 4.57 Å². The van der Waals surface area contributed by atoms with Crippen molar-refractivity contribution in [2.45, 2.75) is 32.0 Å². The number of allylic oxidation sites excluding steroid dienone is 2. The highest BCUT2D eigenvalue weighted by Crippen LogP contribution is 2.22. The van der Waals surface area contributed by atoms with Gasteiger partial charge in [0.1, 0.15) is 0 Å². The van der Waals surface area contributed by atoms with Gasteiger partial charge in [-0.05, 0) is 13.3 Å². The fourth-order valence-electron chi connectivity index (χ4n) is 1.90. The second-order valence-corrected chi connectivity index (χ2v) is 6.29. The number of nitrogens with zero attached hydrogens (tertiary/aromatic N) is 3. The lowest BCUT2D eigenvalue weighted by Gasteiger charge is -2.05. The van der Waals surface area contributed by atoms with Gasteiger partial charge in [0, 0.05) is 24.4 Å². The number of aromatic nitrogens is 4. The lowest BCUT2D eigenvalue weighted by atomic mass is 10.4. The number of hydrogen-bond donors (Lipinski definition) is 1. The van der Waals surface area contributed by atoms with Gasteiger partial charge >= 0.3 is 5.69 Å². The normalized spacial score (nSPS) is 12.3. The topological polar surface area (TPSA) is 72.7 Å². The molecule has 0 spiro atoms. The van der Waals surface area contributed by atoms with Crippen molar-refractivity contribution in [1.29, 1.82) is 0 Å². The Bertz CT molecular complexity index is 799. The summed E-state index contributed by atoms with van der Waals surface area (Å²) in [6.45, 7) is 4.30. The van der Waals surface area contributed by atoms with E-state index >= 15 is 0 Å². The summed E-state index contributed by atoms with van der Waals surface area (Å²) in [4.78, 5) is 30.5. The number of rotatable bonds is 5. The van der Waals surface area contributed by atoms with E-state index in [0.717, 1.165) is 12.2 Å². The fraction of sp³-hybridized carbons (Fsp3) is 0.462. The van der Waals surface area contributed by atoms with Crippen LogP contribution in [0.3, 0.4) is 0 Å². The van der Waals surface area contributed by atoms with Crippen LogP contribution in [0.5, 0.6) is 0 Å². The van der Waals surface area contributed by atoms with Crippen LogP contribution in [0, 0.1) is 0 Å². The quantitative estimate of drug-likeness (QED) is 0.853. The van der Waals surface area contributed by atoms with Crippen LogP contribution in [0.4, 0.5) is 0 Å². The van der Waals surface area contributed by atoms with Crippen LogP contribution < -0.4 is 11.2 Å². The number of nitrogens with one attached hydrogen (secondary N) is 1. The molecule has 1 N–H and O–H groups in total. The average Bonchev–Trinajstić information content (AvgIpc) is 2.79. The Balaban J connectivity index is 2.70. The third-order valence-corrected chi connectivity index (χ3v) is 4.30. The summed E-state index contributed by atoms with van der Waals surface area (Å²) in [5, 5.41) is 1.36. The zero-order valence-corrected chi connectivity index (χ0v) is 13.7. The second-order valence-electron chi connectivity index (χ2n) is 4.63. The Morgan fingerprint density at radius 3 is 2.81 bits per heavy atom. The lowest BCUT2D eigenvalue weighted by molar-refractivity contribution is 0.742. The molecule has 6 nitrogen and oxygen atoms in total. The average molecular weight is 329 g/mol. The van der Waals surface area contributed by atoms with Crippen LogP contribution in [-0.4, -0.2) is 24.9 Å². The number of fused-ring (bicyclic) bond motifs is 1. The van der Waals surface area contributed by atoms with Crippen LogP contribution in [-0.2, 0) is 13.6 Å². The molecule has 0 saturated heterocycles. The van der Waals surface area contributed by atoms with Crippen molar-refractivity contribution in [1.82, 2.24) is 19.1 Å². The molecule has 2 aromatic heterocycles. The second kappa shape index (κ2) is 6.53. The molecule has 0 fully saturated rings. The summed E-state index contributed by atoms with van der Waals surface area (Å²) in [5.74, 6) is 0.888. The number of H-pyrrole nitrogens is 1. The third-order valence-electron chi connectivity index (χ3n) is 2.96. The summed E-state index contributed by atoms with van der Waals surface area (Å²) in [6, 6.07) is 0. The molecule has 8 heteroatoms. The molecule has 0 aliphatic carbocycles. The SMILES string of the molecule is CCCSc1nc2c(c(=O)[nH]c(=O)n2C)n1C/C=C(/C)Cl. The summed E-state index contributed by atoms with van der Waals surface area (Å²) >= 11 is 7.44. The van der Waals surface area contributed by atoms with Crippen molar-refractivity contribution in [2.24, 2.45) is 7.05 Å². The predicted octanol–water partition coefficient (Wildman–Crippen LogP) is 2.07. The van der Waals surface area contributed by atoms with Crippen LogP contribution in [0.1, 0.15) is 20.3 Å². The Kier molecular flexibility index (Phi) is 4.95. The maximum atomic E-state index is 12.1. The largest absolute Gasteiger partial charge is 0.329 e. The molecule has 0 bridgehead atoms. The molecule has 0 aliphatic rings. The summed E-state index contributed by atoms with van der Waals surface area (Å²) in [7, 11) is 1.59. The van der Waals surface area contributed by atoms with Crippen molar-refractivity contribution in [3.63, 3.8) is 0 Å². The van der Waals surface area contributed by atoms with Gasteiger partial charge in [-0.15, -0.1) is 0 Å². The number of halogens is 1. The Morgan fingerprint density at radius 1 is 1.48 bits per heavy atom. The summed E-state index contributed by atoms with van der Waals surface area (Å²) < 4.78 is 3.14. The highest BCUT2D eigenvalue weighted by atomic mass is 35.5. The zero-order chi connectivity index (χ0) is 15.6. The Morgan fingerprint density at radius 2 is 2.19 bits per heavy atom. The monoisotopic (exact) mass is 328 g/mol. The molecule has 2 aromatic rings. The Hall–Kier alpha value is -1.47. The van der Waals surface area contributed by atoms with E-state index in [1.807, 2.05) is 6.08 Å². The minimum absolute atomic E-state index is 0.392. The van der Waals surface area contributed by atoms with Gasteiger partial charge in [-0.3, -0.25) is 14.3 Å². The van der Waals surface area contributed by atoms with E-state index < -0.39 is 11.2 Å². The van der Waals surface area contributed by atoms with Crippen LogP contribution in [0.2, 0.25) is 0 Å². The van der Waals surface area contributed by atoms with E-state index in [2.05, 4.69) is 16.9 Å². The van der Waals surface area contributed by atoms with E-state index in [9.17, 15) is 9.59 Å². The minimum Gasteiger partial charge on any atom is -0.309 e. The maximum Gasteiger partial charge on any atom is 0.329 e. The molecule has 0 saturated carbocycles. The van der Waals surface area contributed by atoms with Crippen LogP contribution in [0.25, 0.3) is 11.2 Å². The number of aromatic amines is 1. The first-order valence-corrected chi connectivity index (χ1v) is 7.96. The third kappa shape index (κ3) is 3.24. The van der Waals surface area contributed by atoms with Crippen molar-refractivity contribution < 1.29 is 0 Å². The first-order chi connectivity index (χ1) is 9.95. The molecule has 0 aromatic carbocycles. The van der Waals surface area contributed by atoms with Crippen molar-refractivity contribution in [2.75, 3.05) is 5.75 Å². The van der Waals surface area contributed by atoms with Gasteiger partial charge in [-0.25, -0.2) is 9.78 Å². The minimum atomic E-state index is -0.465. The summed E-state index contributed by atoms with van der Waals surface area (Å²) in [6.07, 6.45) is 2.80. The molecular formula is C13H17ClN4O2S. The van der Waals surface area contributed by atoms with Crippen molar-refractivity contribution in [3.05, 3.63) is 31.9 Å². The number of imidazole rings is 1. The molecule has 114 valence electrons. The highest BCUT2D eigenvalue weighted by Gasteiger charge is 2.16. The molecule has 2 rings (SSSR count). The molecule has 21 heavy (non-hydrogen) atoms. The predicted molar refractivity (Wildman–Crippen MR) is 86.2 cm³/mol. The van der Waals surface area contributed by atoms with E-state index in [1.165, 1.54) is 4.57 Å². The van der Waals surface area contributed by atoms with E-state index in [4.69, 9.17) is 11.6 Å². The van der Waals surface area contributed by atoms with Gasteiger partial charge in [0.15, 0.2) is 16.3 Å². The van der Waals surface area contributed by atoms with Crippen LogP contribution in [0.15, 0.2) is 25.9 Å². The molecule has 0 atom stereocenters. The zero-order valence-electron chi connectivity index (χ0n) is 12.1. The standard InChI is InChI=1S/C13H17ClN4O2S/c1-4-7-21-13-15-10-9(18(13)6-5-8(2)14)11(19)16-12(20)17(10)3/h5H,4,6-7H2,1-3H3,(H,16,19,20)/b8-5-. The molecule has 0 aliphatic heterocycles. The van der Waals surface area contributed by atoms with E-state index in [1.54, 1.807) is 30.3 Å². The number of aryl methyl sites for hydroxylation is 1. The molecule has 0 amide bonds. The number of hydrogen-bond acceptors (Lipinski definition) is 4. The smallest absolute Gasteiger partial charge is 0.309 e. The highest BCUT2D eigenvalue weighted by molar-refractivity contribution is 7.99. The molecule has 0 radical (unpaired) electrons. The Labute approximate surface area is 130 Å². The molecular weight excluding hydrogens is 312 g/mol. The van der Waals surface area contributed by atoms with E-state index in [-0.39, 0.29) is 0 Å².